The van der Waals surface area contributed by atoms with Crippen LogP contribution >= 0.6 is 11.8 Å². The van der Waals surface area contributed by atoms with Crippen molar-refractivity contribution in [1.82, 2.24) is 20.9 Å². The van der Waals surface area contributed by atoms with Crippen LogP contribution in [0.2, 0.25) is 0 Å². The van der Waals surface area contributed by atoms with E-state index in [0.717, 1.165) is 11.3 Å². The third kappa shape index (κ3) is 4.29. The number of aliphatic carboxylic acids is 1. The van der Waals surface area contributed by atoms with Gasteiger partial charge in [-0.3, -0.25) is 10.1 Å². The Morgan fingerprint density at radius 1 is 1.40 bits per heavy atom. The number of carbonyl (C=O) groups is 3. The Labute approximate surface area is 179 Å². The van der Waals surface area contributed by atoms with Crippen LogP contribution in [-0.4, -0.2) is 80.9 Å². The molecule has 168 valence electrons. The number of hydrogen-bond acceptors (Lipinski definition) is 8. The Kier molecular flexibility index (Phi) is 6.95. The van der Waals surface area contributed by atoms with Gasteiger partial charge in [-0.15, -0.1) is 11.8 Å². The fourth-order valence-corrected chi connectivity index (χ4v) is 6.45. The van der Waals surface area contributed by atoms with Crippen LogP contribution < -0.4 is 16.0 Å². The lowest BCUT2D eigenvalue weighted by Gasteiger charge is -2.53. The molecule has 3 aliphatic rings. The third-order valence-corrected chi connectivity index (χ3v) is 7.71. The normalized spacial score (nSPS) is 34.8. The van der Waals surface area contributed by atoms with Gasteiger partial charge >= 0.3 is 12.0 Å². The molecule has 0 aromatic heterocycles. The number of nitrogens with zero attached hydrogens (tertiary/aromatic N) is 1. The summed E-state index contributed by atoms with van der Waals surface area (Å²) in [5, 5.41) is 38.5. The lowest BCUT2D eigenvalue weighted by molar-refractivity contribution is -0.192. The van der Waals surface area contributed by atoms with E-state index < -0.39 is 24.3 Å². The first-order valence-electron chi connectivity index (χ1n) is 10.2. The Morgan fingerprint density at radius 2 is 2.10 bits per heavy atom. The molecule has 0 aromatic rings. The van der Waals surface area contributed by atoms with Crippen LogP contribution in [0.4, 0.5) is 4.79 Å². The maximum absolute atomic E-state index is 11.9. The Hall–Kier alpha value is -1.82. The number of rotatable bonds is 8. The summed E-state index contributed by atoms with van der Waals surface area (Å²) in [6.45, 7) is 6.15. The Bertz CT molecular complexity index is 732. The van der Waals surface area contributed by atoms with Crippen LogP contribution in [0.15, 0.2) is 10.6 Å². The number of carboxylic acids is 1. The minimum atomic E-state index is -1.06. The van der Waals surface area contributed by atoms with E-state index in [0.29, 0.717) is 19.4 Å². The van der Waals surface area contributed by atoms with E-state index in [1.165, 1.54) is 16.7 Å². The number of carboxylic acid groups (broad SMARTS) is 1. The molecule has 10 nitrogen and oxygen atoms in total. The van der Waals surface area contributed by atoms with E-state index in [2.05, 4.69) is 10.6 Å². The molecule has 0 radical (unpaired) electrons. The predicted molar refractivity (Wildman–Crippen MR) is 110 cm³/mol. The highest BCUT2D eigenvalue weighted by molar-refractivity contribution is 8.03. The first kappa shape index (κ1) is 22.9. The van der Waals surface area contributed by atoms with Gasteiger partial charge in [0, 0.05) is 40.7 Å². The summed E-state index contributed by atoms with van der Waals surface area (Å²) in [6.07, 6.45) is 0.122. The van der Waals surface area contributed by atoms with Crippen LogP contribution in [0.1, 0.15) is 33.6 Å². The SMILES string of the molecule is CC(C[C@@H]1C[C@H](SC2=C(C(=O)O)N3C(O)[C@H]([C@@H](C)O)[C@H]3[C@H]2C)CN1)NC(=O)NC=O. The van der Waals surface area contributed by atoms with Crippen LogP contribution in [-0.2, 0) is 9.59 Å². The fourth-order valence-electron chi connectivity index (χ4n) is 4.92. The topological polar surface area (TPSA) is 151 Å². The van der Waals surface area contributed by atoms with E-state index in [1.54, 1.807) is 6.92 Å². The third-order valence-electron chi connectivity index (χ3n) is 6.20. The van der Waals surface area contributed by atoms with E-state index >= 15 is 0 Å². The number of imide groups is 1. The molecule has 3 amide bonds. The maximum atomic E-state index is 11.9. The Balaban J connectivity index is 1.62. The first-order chi connectivity index (χ1) is 14.1. The van der Waals surface area contributed by atoms with E-state index in [9.17, 15) is 29.7 Å². The van der Waals surface area contributed by atoms with Crippen molar-refractivity contribution in [3.63, 3.8) is 0 Å². The van der Waals surface area contributed by atoms with Crippen molar-refractivity contribution in [3.8, 4) is 0 Å². The van der Waals surface area contributed by atoms with Crippen molar-refractivity contribution in [2.45, 2.75) is 69.3 Å². The quantitative estimate of drug-likeness (QED) is 0.277. The molecule has 30 heavy (non-hydrogen) atoms. The number of aliphatic hydroxyl groups excluding tert-OH is 2. The minimum Gasteiger partial charge on any atom is -0.477 e. The zero-order valence-electron chi connectivity index (χ0n) is 17.2. The zero-order valence-corrected chi connectivity index (χ0v) is 18.1. The second-order valence-corrected chi connectivity index (χ2v) is 9.73. The van der Waals surface area contributed by atoms with E-state index in [4.69, 9.17) is 0 Å². The molecular weight excluding hydrogens is 412 g/mol. The average molecular weight is 443 g/mol. The summed E-state index contributed by atoms with van der Waals surface area (Å²) in [5.74, 6) is -1.52. The molecule has 2 fully saturated rings. The summed E-state index contributed by atoms with van der Waals surface area (Å²) < 4.78 is 0. The molecule has 11 heteroatoms. The van der Waals surface area contributed by atoms with Crippen LogP contribution in [0.5, 0.6) is 0 Å². The van der Waals surface area contributed by atoms with Gasteiger partial charge in [-0.2, -0.15) is 0 Å². The van der Waals surface area contributed by atoms with Gasteiger partial charge < -0.3 is 30.9 Å². The highest BCUT2D eigenvalue weighted by Gasteiger charge is 2.59. The number of thioether (sulfide) groups is 1. The fraction of sp³-hybridized carbons (Fsp3) is 0.737. The first-order valence-corrected chi connectivity index (χ1v) is 11.1. The summed E-state index contributed by atoms with van der Waals surface area (Å²) in [6, 6.07) is -0.714. The van der Waals surface area contributed by atoms with Gasteiger partial charge in [0.15, 0.2) is 0 Å². The molecule has 8 atom stereocenters. The van der Waals surface area contributed by atoms with E-state index in [1.807, 2.05) is 19.2 Å². The second-order valence-electron chi connectivity index (χ2n) is 8.39. The number of fused-ring (bicyclic) bond motifs is 1. The molecule has 2 saturated heterocycles. The highest BCUT2D eigenvalue weighted by atomic mass is 32.2. The van der Waals surface area contributed by atoms with Crippen molar-refractivity contribution in [2.24, 2.45) is 11.8 Å². The zero-order chi connectivity index (χ0) is 22.2. The molecule has 0 bridgehead atoms. The van der Waals surface area contributed by atoms with Crippen LogP contribution in [0, 0.1) is 11.8 Å². The standard InChI is InChI=1S/C19H30N4O6S/c1-8(22-19(29)21-7-24)4-11-5-12(6-20-11)30-16-9(2)14-13(10(3)25)17(26)23(14)15(16)18(27)28/h7-14,17,20,25-26H,4-6H2,1-3H3,(H,27,28)(H2,21,22,24,29)/t8?,9-,10-,11-,12+,13-,14-,17?/m1/s1. The van der Waals surface area contributed by atoms with Crippen molar-refractivity contribution < 1.29 is 29.7 Å². The van der Waals surface area contributed by atoms with Crippen molar-refractivity contribution >= 4 is 30.2 Å². The molecule has 6 N–H and O–H groups in total. The number of amides is 3. The van der Waals surface area contributed by atoms with Gasteiger partial charge in [-0.25, -0.2) is 9.59 Å². The lowest BCUT2D eigenvalue weighted by Crippen LogP contribution is -2.66. The van der Waals surface area contributed by atoms with Crippen LogP contribution in [0.3, 0.4) is 0 Å². The summed E-state index contributed by atoms with van der Waals surface area (Å²) in [5.41, 5.74) is 0.144. The number of hydrogen-bond donors (Lipinski definition) is 6. The maximum Gasteiger partial charge on any atom is 0.353 e. The van der Waals surface area contributed by atoms with Crippen molar-refractivity contribution in [1.29, 1.82) is 0 Å². The van der Waals surface area contributed by atoms with E-state index in [-0.39, 0.29) is 40.9 Å². The molecule has 0 saturated carbocycles. The average Bonchev–Trinajstić information content (AvgIpc) is 3.16. The highest BCUT2D eigenvalue weighted by Crippen LogP contribution is 2.53. The van der Waals surface area contributed by atoms with Gasteiger partial charge in [-0.1, -0.05) is 6.92 Å². The molecule has 2 unspecified atom stereocenters. The summed E-state index contributed by atoms with van der Waals surface area (Å²) in [4.78, 5) is 36.0. The smallest absolute Gasteiger partial charge is 0.353 e. The number of carbonyl (C=O) groups excluding carboxylic acids is 2. The van der Waals surface area contributed by atoms with Gasteiger partial charge in [0.25, 0.3) is 0 Å². The lowest BCUT2D eigenvalue weighted by atomic mass is 9.78. The summed E-state index contributed by atoms with van der Waals surface area (Å²) in [7, 11) is 0. The van der Waals surface area contributed by atoms with Gasteiger partial charge in [-0.05, 0) is 26.7 Å². The molecule has 0 aromatic carbocycles. The Morgan fingerprint density at radius 3 is 2.70 bits per heavy atom. The van der Waals surface area contributed by atoms with Crippen molar-refractivity contribution in [3.05, 3.63) is 10.6 Å². The summed E-state index contributed by atoms with van der Waals surface area (Å²) >= 11 is 1.53. The second kappa shape index (κ2) is 9.13. The largest absolute Gasteiger partial charge is 0.477 e. The number of urea groups is 1. The van der Waals surface area contributed by atoms with Crippen molar-refractivity contribution in [2.75, 3.05) is 6.54 Å². The molecule has 0 aliphatic carbocycles. The number of nitrogens with one attached hydrogen (secondary N) is 3. The number of aliphatic hydroxyl groups is 2. The monoisotopic (exact) mass is 442 g/mol. The minimum absolute atomic E-state index is 0.0872. The van der Waals surface area contributed by atoms with Gasteiger partial charge in [0.05, 0.1) is 12.0 Å². The molecule has 3 heterocycles. The van der Waals surface area contributed by atoms with Gasteiger partial charge in [0.2, 0.25) is 6.41 Å². The van der Waals surface area contributed by atoms with Gasteiger partial charge in [0.1, 0.15) is 11.9 Å². The molecule has 3 rings (SSSR count). The van der Waals surface area contributed by atoms with Crippen LogP contribution in [0.25, 0.3) is 0 Å². The predicted octanol–water partition coefficient (Wildman–Crippen LogP) is -0.370. The molecule has 3 aliphatic heterocycles. The molecule has 0 spiro atoms. The molecular formula is C19H30N4O6S.